The summed E-state index contributed by atoms with van der Waals surface area (Å²) in [6.07, 6.45) is 3.76. The highest BCUT2D eigenvalue weighted by atomic mass is 32.2. The summed E-state index contributed by atoms with van der Waals surface area (Å²) in [6.45, 7) is 2.88. The van der Waals surface area contributed by atoms with Crippen LogP contribution in [0.2, 0.25) is 0 Å². The van der Waals surface area contributed by atoms with Crippen LogP contribution in [0.5, 0.6) is 0 Å². The molecule has 0 aromatic rings. The van der Waals surface area contributed by atoms with Crippen LogP contribution in [0.3, 0.4) is 0 Å². The number of carbonyl (C=O) groups is 1. The molecule has 1 atom stereocenters. The highest BCUT2D eigenvalue weighted by Gasteiger charge is 2.45. The summed E-state index contributed by atoms with van der Waals surface area (Å²) in [7, 11) is 0. The molecule has 4 heteroatoms. The van der Waals surface area contributed by atoms with Crippen molar-refractivity contribution in [1.82, 2.24) is 5.32 Å². The summed E-state index contributed by atoms with van der Waals surface area (Å²) in [6, 6.07) is 0. The van der Waals surface area contributed by atoms with Crippen molar-refractivity contribution < 1.29 is 4.79 Å². The monoisotopic (exact) mass is 202 g/mol. The predicted octanol–water partition coefficient (Wildman–Crippen LogP) is 0.593. The van der Waals surface area contributed by atoms with Gasteiger partial charge in [0.15, 0.2) is 0 Å². The zero-order chi connectivity index (χ0) is 9.90. The van der Waals surface area contributed by atoms with Gasteiger partial charge in [0.1, 0.15) is 0 Å². The molecule has 0 bridgehead atoms. The van der Waals surface area contributed by atoms with E-state index in [9.17, 15) is 4.79 Å². The maximum Gasteiger partial charge on any atom is 0.240 e. The second kappa shape index (κ2) is 4.33. The van der Waals surface area contributed by atoms with Gasteiger partial charge < -0.3 is 11.1 Å². The molecule has 13 heavy (non-hydrogen) atoms. The number of thioether (sulfide) groups is 1. The van der Waals surface area contributed by atoms with Gasteiger partial charge in [-0.3, -0.25) is 4.79 Å². The van der Waals surface area contributed by atoms with Crippen molar-refractivity contribution in [1.29, 1.82) is 0 Å². The SMILES string of the molecule is CSCC(C)CNC(=O)C1(N)CC1. The Morgan fingerprint density at radius 3 is 2.77 bits per heavy atom. The molecule has 76 valence electrons. The van der Waals surface area contributed by atoms with Crippen molar-refractivity contribution in [3.8, 4) is 0 Å². The van der Waals surface area contributed by atoms with Gasteiger partial charge in [0.05, 0.1) is 5.54 Å². The van der Waals surface area contributed by atoms with E-state index in [1.165, 1.54) is 0 Å². The van der Waals surface area contributed by atoms with Crippen LogP contribution in [-0.2, 0) is 4.79 Å². The smallest absolute Gasteiger partial charge is 0.240 e. The molecule has 1 aliphatic rings. The van der Waals surface area contributed by atoms with Crippen LogP contribution >= 0.6 is 11.8 Å². The summed E-state index contributed by atoms with van der Waals surface area (Å²) in [5.74, 6) is 1.64. The Morgan fingerprint density at radius 2 is 2.31 bits per heavy atom. The van der Waals surface area contributed by atoms with Gasteiger partial charge in [-0.1, -0.05) is 6.92 Å². The summed E-state index contributed by atoms with van der Waals surface area (Å²) >= 11 is 1.80. The van der Waals surface area contributed by atoms with Crippen LogP contribution in [0.1, 0.15) is 19.8 Å². The van der Waals surface area contributed by atoms with Crippen LogP contribution in [0, 0.1) is 5.92 Å². The van der Waals surface area contributed by atoms with Gasteiger partial charge in [0.25, 0.3) is 0 Å². The van der Waals surface area contributed by atoms with E-state index in [0.29, 0.717) is 5.92 Å². The van der Waals surface area contributed by atoms with E-state index in [0.717, 1.165) is 25.1 Å². The molecule has 3 N–H and O–H groups in total. The van der Waals surface area contributed by atoms with E-state index in [4.69, 9.17) is 5.73 Å². The minimum atomic E-state index is -0.515. The van der Waals surface area contributed by atoms with E-state index < -0.39 is 5.54 Å². The summed E-state index contributed by atoms with van der Waals surface area (Å²) in [4.78, 5) is 11.4. The van der Waals surface area contributed by atoms with Crippen molar-refractivity contribution in [3.63, 3.8) is 0 Å². The molecule has 0 heterocycles. The number of rotatable bonds is 5. The van der Waals surface area contributed by atoms with Gasteiger partial charge in [0, 0.05) is 6.54 Å². The summed E-state index contributed by atoms with van der Waals surface area (Å²) in [5, 5.41) is 2.89. The lowest BCUT2D eigenvalue weighted by molar-refractivity contribution is -0.123. The van der Waals surface area contributed by atoms with E-state index in [-0.39, 0.29) is 5.91 Å². The molecule has 1 fully saturated rings. The third kappa shape index (κ3) is 3.19. The van der Waals surface area contributed by atoms with Crippen LogP contribution in [-0.4, -0.2) is 30.0 Å². The van der Waals surface area contributed by atoms with Gasteiger partial charge >= 0.3 is 0 Å². The van der Waals surface area contributed by atoms with Crippen LogP contribution in [0.15, 0.2) is 0 Å². The predicted molar refractivity (Wildman–Crippen MR) is 56.7 cm³/mol. The molecule has 0 aromatic heterocycles. The van der Waals surface area contributed by atoms with Crippen LogP contribution in [0.4, 0.5) is 0 Å². The zero-order valence-corrected chi connectivity index (χ0v) is 9.12. The van der Waals surface area contributed by atoms with Crippen molar-refractivity contribution in [2.24, 2.45) is 11.7 Å². The number of amides is 1. The highest BCUT2D eigenvalue weighted by Crippen LogP contribution is 2.32. The average Bonchev–Trinajstić information content (AvgIpc) is 2.81. The first-order valence-electron chi connectivity index (χ1n) is 4.64. The quantitative estimate of drug-likeness (QED) is 0.686. The number of carbonyl (C=O) groups excluding carboxylic acids is 1. The van der Waals surface area contributed by atoms with Gasteiger partial charge in [-0.2, -0.15) is 11.8 Å². The average molecular weight is 202 g/mol. The van der Waals surface area contributed by atoms with Crippen LogP contribution in [0.25, 0.3) is 0 Å². The van der Waals surface area contributed by atoms with E-state index in [1.54, 1.807) is 11.8 Å². The number of hydrogen-bond acceptors (Lipinski definition) is 3. The Bertz CT molecular complexity index is 192. The lowest BCUT2D eigenvalue weighted by Gasteiger charge is -2.13. The minimum absolute atomic E-state index is 0.0282. The first kappa shape index (κ1) is 10.9. The van der Waals surface area contributed by atoms with Gasteiger partial charge in [-0.05, 0) is 30.8 Å². The molecule has 0 spiro atoms. The van der Waals surface area contributed by atoms with E-state index >= 15 is 0 Å². The molecule has 0 saturated heterocycles. The standard InChI is InChI=1S/C9H18N2OS/c1-7(6-13-2)5-11-8(12)9(10)3-4-9/h7H,3-6,10H2,1-2H3,(H,11,12). The van der Waals surface area contributed by atoms with Crippen molar-refractivity contribution in [2.45, 2.75) is 25.3 Å². The Kier molecular flexibility index (Phi) is 3.62. The topological polar surface area (TPSA) is 55.1 Å². The van der Waals surface area contributed by atoms with Gasteiger partial charge in [-0.25, -0.2) is 0 Å². The Balaban J connectivity index is 2.15. The number of nitrogens with two attached hydrogens (primary N) is 1. The first-order chi connectivity index (χ1) is 6.08. The lowest BCUT2D eigenvalue weighted by Crippen LogP contribution is -2.44. The summed E-state index contributed by atoms with van der Waals surface area (Å²) < 4.78 is 0. The molecule has 1 amide bonds. The molecule has 0 aliphatic heterocycles. The fourth-order valence-electron chi connectivity index (χ4n) is 1.15. The maximum absolute atomic E-state index is 11.4. The second-order valence-electron chi connectivity index (χ2n) is 3.93. The molecule has 3 nitrogen and oxygen atoms in total. The zero-order valence-electron chi connectivity index (χ0n) is 8.30. The van der Waals surface area contributed by atoms with Crippen molar-refractivity contribution in [3.05, 3.63) is 0 Å². The first-order valence-corrected chi connectivity index (χ1v) is 6.04. The molecular formula is C9H18N2OS. The molecule has 1 unspecified atom stereocenters. The number of nitrogens with one attached hydrogen (secondary N) is 1. The highest BCUT2D eigenvalue weighted by molar-refractivity contribution is 7.98. The molecule has 1 rings (SSSR count). The maximum atomic E-state index is 11.4. The summed E-state index contributed by atoms with van der Waals surface area (Å²) in [5.41, 5.74) is 5.22. The van der Waals surface area contributed by atoms with Crippen LogP contribution < -0.4 is 11.1 Å². The number of hydrogen-bond donors (Lipinski definition) is 2. The molecule has 0 radical (unpaired) electrons. The molecule has 1 saturated carbocycles. The van der Waals surface area contributed by atoms with Gasteiger partial charge in [-0.15, -0.1) is 0 Å². The molecular weight excluding hydrogens is 184 g/mol. The Morgan fingerprint density at radius 1 is 1.69 bits per heavy atom. The fourth-order valence-corrected chi connectivity index (χ4v) is 1.84. The molecule has 0 aromatic carbocycles. The Labute approximate surface area is 83.8 Å². The third-order valence-corrected chi connectivity index (χ3v) is 3.21. The lowest BCUT2D eigenvalue weighted by atomic mass is 10.2. The Hall–Kier alpha value is -0.220. The normalized spacial score (nSPS) is 20.8. The second-order valence-corrected chi connectivity index (χ2v) is 4.84. The van der Waals surface area contributed by atoms with Gasteiger partial charge in [0.2, 0.25) is 5.91 Å². The minimum Gasteiger partial charge on any atom is -0.354 e. The third-order valence-electron chi connectivity index (χ3n) is 2.30. The van der Waals surface area contributed by atoms with E-state index in [2.05, 4.69) is 18.5 Å². The largest absolute Gasteiger partial charge is 0.354 e. The molecule has 1 aliphatic carbocycles. The van der Waals surface area contributed by atoms with E-state index in [1.807, 2.05) is 0 Å². The fraction of sp³-hybridized carbons (Fsp3) is 0.889. The van der Waals surface area contributed by atoms with Crippen molar-refractivity contribution in [2.75, 3.05) is 18.6 Å². The van der Waals surface area contributed by atoms with Crippen molar-refractivity contribution >= 4 is 17.7 Å².